The Balaban J connectivity index is 0.000000421. The molecule has 0 bridgehead atoms. The number of carboxylic acid groups (broad SMARTS) is 2. The number of carboxylic acids is 2. The quantitative estimate of drug-likeness (QED) is 0.136. The smallest absolute Gasteiger partial charge is 0.475 e. The van der Waals surface area contributed by atoms with Crippen LogP contribution in [0.25, 0.3) is 10.9 Å². The van der Waals surface area contributed by atoms with E-state index in [0.29, 0.717) is 12.4 Å². The third-order valence-corrected chi connectivity index (χ3v) is 6.48. The number of nitrogens with two attached hydrogens (primary N) is 1. The molecule has 3 unspecified atom stereocenters. The van der Waals surface area contributed by atoms with E-state index in [1.165, 1.54) is 0 Å². The van der Waals surface area contributed by atoms with Crippen molar-refractivity contribution in [2.75, 3.05) is 18.5 Å². The van der Waals surface area contributed by atoms with Gasteiger partial charge >= 0.3 is 24.3 Å². The number of aromatic nitrogens is 2. The van der Waals surface area contributed by atoms with Gasteiger partial charge in [0.15, 0.2) is 5.96 Å². The van der Waals surface area contributed by atoms with Gasteiger partial charge in [-0.15, -0.1) is 0 Å². The van der Waals surface area contributed by atoms with E-state index in [0.717, 1.165) is 61.6 Å². The number of hydrogen-bond acceptors (Lipinski definition) is 8. The second kappa shape index (κ2) is 16.1. The second-order valence-electron chi connectivity index (χ2n) is 10.1. The first-order valence-electron chi connectivity index (χ1n) is 13.5. The average molecular weight is 654 g/mol. The Morgan fingerprint density at radius 2 is 1.56 bits per heavy atom. The zero-order valence-corrected chi connectivity index (χ0v) is 23.9. The van der Waals surface area contributed by atoms with Gasteiger partial charge in [-0.2, -0.15) is 26.3 Å². The van der Waals surface area contributed by atoms with Crippen LogP contribution in [0.5, 0.6) is 0 Å². The lowest BCUT2D eigenvalue weighted by Crippen LogP contribution is -2.50. The first kappa shape index (κ1) is 36.8. The first-order chi connectivity index (χ1) is 20.9. The second-order valence-corrected chi connectivity index (χ2v) is 10.1. The Morgan fingerprint density at radius 1 is 0.978 bits per heavy atom. The van der Waals surface area contributed by atoms with Crippen LogP contribution in [0.3, 0.4) is 0 Å². The Labute approximate surface area is 252 Å². The van der Waals surface area contributed by atoms with E-state index < -0.39 is 24.3 Å². The van der Waals surface area contributed by atoms with Gasteiger partial charge in [0.25, 0.3) is 5.91 Å². The van der Waals surface area contributed by atoms with Crippen LogP contribution in [0.4, 0.5) is 32.2 Å². The largest absolute Gasteiger partial charge is 0.490 e. The minimum atomic E-state index is -5.08. The molecule has 1 saturated carbocycles. The number of benzene rings is 1. The van der Waals surface area contributed by atoms with Gasteiger partial charge in [0.05, 0.1) is 11.6 Å². The molecule has 4 rings (SSSR count). The fraction of sp³-hybridized carbons (Fsp3) is 0.538. The Morgan fingerprint density at radius 3 is 2.07 bits per heavy atom. The molecule has 3 atom stereocenters. The van der Waals surface area contributed by atoms with Crippen molar-refractivity contribution in [1.29, 1.82) is 5.41 Å². The Kier molecular flexibility index (Phi) is 13.1. The molecular weight excluding hydrogens is 620 g/mol. The fourth-order valence-electron chi connectivity index (χ4n) is 4.40. The van der Waals surface area contributed by atoms with Crippen LogP contribution in [-0.2, 0) is 14.3 Å². The van der Waals surface area contributed by atoms with Gasteiger partial charge in [-0.05, 0) is 44.7 Å². The van der Waals surface area contributed by atoms with Crippen LogP contribution in [0, 0.1) is 12.3 Å². The third-order valence-electron chi connectivity index (χ3n) is 6.48. The highest BCUT2D eigenvalue weighted by Gasteiger charge is 2.39. The summed E-state index contributed by atoms with van der Waals surface area (Å²) in [6.45, 7) is 3.23. The monoisotopic (exact) mass is 653 g/mol. The summed E-state index contributed by atoms with van der Waals surface area (Å²) in [7, 11) is 0. The maximum Gasteiger partial charge on any atom is 0.490 e. The number of amides is 1. The van der Waals surface area contributed by atoms with Crippen LogP contribution in [-0.4, -0.2) is 87.7 Å². The number of carbonyl (C=O) groups excluding carboxylic acids is 1. The molecule has 19 heteroatoms. The molecular formula is C26H33F6N7O6. The molecule has 2 heterocycles. The molecule has 2 aromatic rings. The molecule has 2 aliphatic rings. The number of ether oxygens (including phenoxy) is 1. The molecule has 2 fully saturated rings. The number of nitrogens with one attached hydrogen (secondary N) is 4. The van der Waals surface area contributed by atoms with Crippen LogP contribution in [0.1, 0.15) is 54.7 Å². The number of rotatable bonds is 6. The van der Waals surface area contributed by atoms with E-state index in [4.69, 9.17) is 35.7 Å². The third kappa shape index (κ3) is 12.2. The topological polar surface area (TPSA) is 213 Å². The molecule has 1 amide bonds. The summed E-state index contributed by atoms with van der Waals surface area (Å²) in [5.41, 5.74) is 7.41. The summed E-state index contributed by atoms with van der Waals surface area (Å²) in [5, 5.41) is 32.2. The molecule has 45 heavy (non-hydrogen) atoms. The van der Waals surface area contributed by atoms with Crippen molar-refractivity contribution >= 4 is 40.5 Å². The predicted molar refractivity (Wildman–Crippen MR) is 148 cm³/mol. The van der Waals surface area contributed by atoms with Crippen LogP contribution in [0.15, 0.2) is 18.2 Å². The number of aryl methyl sites for hydroxylation is 1. The van der Waals surface area contributed by atoms with Crippen molar-refractivity contribution < 1.29 is 55.7 Å². The molecule has 0 radical (unpaired) electrons. The highest BCUT2D eigenvalue weighted by Crippen LogP contribution is 2.27. The van der Waals surface area contributed by atoms with Gasteiger partial charge in [-0.25, -0.2) is 19.6 Å². The van der Waals surface area contributed by atoms with Crippen LogP contribution >= 0.6 is 0 Å². The van der Waals surface area contributed by atoms with E-state index >= 15 is 0 Å². The zero-order chi connectivity index (χ0) is 33.9. The lowest BCUT2D eigenvalue weighted by molar-refractivity contribution is -0.193. The highest BCUT2D eigenvalue weighted by atomic mass is 19.4. The van der Waals surface area contributed by atoms with E-state index in [2.05, 4.69) is 25.9 Å². The summed E-state index contributed by atoms with van der Waals surface area (Å²) in [4.78, 5) is 39.7. The summed E-state index contributed by atoms with van der Waals surface area (Å²) >= 11 is 0. The number of hydrogen-bond donors (Lipinski definition) is 7. The van der Waals surface area contributed by atoms with Crippen molar-refractivity contribution in [2.24, 2.45) is 5.73 Å². The van der Waals surface area contributed by atoms with E-state index in [9.17, 15) is 31.1 Å². The number of halogens is 6. The van der Waals surface area contributed by atoms with Gasteiger partial charge in [-0.1, -0.05) is 24.5 Å². The molecule has 8 N–H and O–H groups in total. The van der Waals surface area contributed by atoms with Crippen molar-refractivity contribution in [1.82, 2.24) is 20.6 Å². The van der Waals surface area contributed by atoms with Gasteiger partial charge in [-0.3, -0.25) is 10.2 Å². The molecule has 13 nitrogen and oxygen atoms in total. The summed E-state index contributed by atoms with van der Waals surface area (Å²) < 4.78 is 69.1. The normalized spacial score (nSPS) is 19.7. The molecule has 1 aliphatic carbocycles. The SMILES string of the molecule is Cc1ccc2nc(C(=O)NCC3CCCO3)nc(NC3CCCCC3NC(=N)N)c2c1.O=C(O)C(F)(F)F.O=C(O)C(F)(F)F. The molecule has 0 spiro atoms. The Hall–Kier alpha value is -4.42. The molecule has 1 aromatic heterocycles. The lowest BCUT2D eigenvalue weighted by atomic mass is 9.90. The van der Waals surface area contributed by atoms with E-state index in [1.807, 2.05) is 25.1 Å². The maximum atomic E-state index is 12.8. The maximum absolute atomic E-state index is 12.8. The number of aliphatic carboxylic acids is 2. The number of fused-ring (bicyclic) bond motifs is 1. The number of carbonyl (C=O) groups is 3. The molecule has 250 valence electrons. The summed E-state index contributed by atoms with van der Waals surface area (Å²) in [5.74, 6) is -5.07. The fourth-order valence-corrected chi connectivity index (χ4v) is 4.40. The predicted octanol–water partition coefficient (Wildman–Crippen LogP) is 3.32. The van der Waals surface area contributed by atoms with Gasteiger partial charge in [0.1, 0.15) is 5.82 Å². The zero-order valence-electron chi connectivity index (χ0n) is 23.9. The minimum absolute atomic E-state index is 0.0312. The van der Waals surface area contributed by atoms with Crippen molar-refractivity contribution in [2.45, 2.75) is 76.0 Å². The number of nitrogens with zero attached hydrogens (tertiary/aromatic N) is 2. The van der Waals surface area contributed by atoms with Gasteiger partial charge < -0.3 is 36.6 Å². The van der Waals surface area contributed by atoms with E-state index in [-0.39, 0.29) is 35.9 Å². The average Bonchev–Trinajstić information content (AvgIpc) is 3.46. The molecule has 1 saturated heterocycles. The Bertz CT molecular complexity index is 1330. The first-order valence-corrected chi connectivity index (χ1v) is 13.5. The number of alkyl halides is 6. The van der Waals surface area contributed by atoms with Crippen molar-refractivity contribution in [3.05, 3.63) is 29.6 Å². The molecule has 1 aromatic carbocycles. The molecule has 1 aliphatic heterocycles. The summed E-state index contributed by atoms with van der Waals surface area (Å²) in [6.07, 6.45) is -4.09. The minimum Gasteiger partial charge on any atom is -0.475 e. The number of anilines is 1. The number of guanidine groups is 1. The highest BCUT2D eigenvalue weighted by molar-refractivity contribution is 5.96. The standard InChI is InChI=1S/C22H31N7O2.2C2HF3O2/c1-13-8-9-16-15(11-13)19(27-17-6-2-3-7-18(17)28-22(23)24)29-20(26-16)21(30)25-12-14-5-4-10-31-14;2*3-2(4,5)1(6)7/h8-9,11,14,17-18H,2-7,10,12H2,1H3,(H,25,30)(H4,23,24,28)(H,26,27,29);2*(H,6,7). The van der Waals surface area contributed by atoms with Gasteiger partial charge in [0, 0.05) is 30.6 Å². The van der Waals surface area contributed by atoms with Crippen molar-refractivity contribution in [3.8, 4) is 0 Å². The lowest BCUT2D eigenvalue weighted by Gasteiger charge is -2.33. The van der Waals surface area contributed by atoms with Gasteiger partial charge in [0.2, 0.25) is 5.82 Å². The van der Waals surface area contributed by atoms with Crippen LogP contribution in [0.2, 0.25) is 0 Å². The van der Waals surface area contributed by atoms with E-state index in [1.54, 1.807) is 0 Å². The van der Waals surface area contributed by atoms with Crippen molar-refractivity contribution in [3.63, 3.8) is 0 Å². The van der Waals surface area contributed by atoms with Crippen LogP contribution < -0.4 is 21.7 Å². The summed E-state index contributed by atoms with van der Waals surface area (Å²) in [6, 6.07) is 6.02.